The van der Waals surface area contributed by atoms with Crippen LogP contribution in [0.15, 0.2) is 54.6 Å². The fourth-order valence-electron chi connectivity index (χ4n) is 3.11. The lowest BCUT2D eigenvalue weighted by molar-refractivity contribution is 0.269. The monoisotopic (exact) mass is 515 g/mol. The largest absolute Gasteiger partial charge is 0.496 e. The summed E-state index contributed by atoms with van der Waals surface area (Å²) in [6.45, 7) is 3.94. The van der Waals surface area contributed by atoms with E-state index in [1.807, 2.05) is 49.4 Å². The van der Waals surface area contributed by atoms with Crippen molar-refractivity contribution in [2.45, 2.75) is 26.6 Å². The van der Waals surface area contributed by atoms with Gasteiger partial charge in [0, 0.05) is 34.3 Å². The molecule has 0 spiro atoms. The van der Waals surface area contributed by atoms with E-state index in [9.17, 15) is 0 Å². The Balaban J connectivity index is 0.00000363. The summed E-state index contributed by atoms with van der Waals surface area (Å²) in [7, 11) is 1.67. The SMILES string of the molecule is CCOc1cc(CNCc2ccccc2OC)cc(Cl)c1OCc1ccc(Cl)cc1Cl.Cl. The van der Waals surface area contributed by atoms with Gasteiger partial charge in [-0.25, -0.2) is 0 Å². The van der Waals surface area contributed by atoms with Crippen LogP contribution in [0.4, 0.5) is 0 Å². The first-order chi connectivity index (χ1) is 15.0. The zero-order valence-electron chi connectivity index (χ0n) is 17.8. The normalized spacial score (nSPS) is 10.4. The average Bonchev–Trinajstić information content (AvgIpc) is 2.75. The number of para-hydroxylation sites is 1. The third-order valence-electron chi connectivity index (χ3n) is 4.59. The van der Waals surface area contributed by atoms with E-state index >= 15 is 0 Å². The molecule has 0 bridgehead atoms. The molecule has 0 aliphatic heterocycles. The predicted molar refractivity (Wildman–Crippen MR) is 134 cm³/mol. The minimum absolute atomic E-state index is 0. The van der Waals surface area contributed by atoms with E-state index in [1.165, 1.54) is 0 Å². The average molecular weight is 517 g/mol. The number of benzene rings is 3. The van der Waals surface area contributed by atoms with Gasteiger partial charge in [0.15, 0.2) is 11.5 Å². The molecule has 0 aliphatic rings. The Kier molecular flexibility index (Phi) is 10.8. The van der Waals surface area contributed by atoms with Gasteiger partial charge in [-0.05, 0) is 42.8 Å². The van der Waals surface area contributed by atoms with Crippen molar-refractivity contribution in [2.75, 3.05) is 13.7 Å². The van der Waals surface area contributed by atoms with Crippen LogP contribution in [0.1, 0.15) is 23.6 Å². The molecule has 1 N–H and O–H groups in total. The van der Waals surface area contributed by atoms with Crippen LogP contribution in [0.2, 0.25) is 15.1 Å². The van der Waals surface area contributed by atoms with E-state index in [0.717, 1.165) is 22.4 Å². The fraction of sp³-hybridized carbons (Fsp3) is 0.250. The lowest BCUT2D eigenvalue weighted by atomic mass is 10.1. The van der Waals surface area contributed by atoms with Gasteiger partial charge in [-0.15, -0.1) is 12.4 Å². The quantitative estimate of drug-likeness (QED) is 0.306. The summed E-state index contributed by atoms with van der Waals surface area (Å²) < 4.78 is 17.1. The van der Waals surface area contributed by atoms with Crippen LogP contribution in [-0.2, 0) is 19.7 Å². The summed E-state index contributed by atoms with van der Waals surface area (Å²) in [5, 5.41) is 5.01. The van der Waals surface area contributed by atoms with Gasteiger partial charge >= 0.3 is 0 Å². The molecule has 32 heavy (non-hydrogen) atoms. The Morgan fingerprint density at radius 1 is 0.812 bits per heavy atom. The predicted octanol–water partition coefficient (Wildman–Crippen LogP) is 7.34. The van der Waals surface area contributed by atoms with Gasteiger partial charge in [0.1, 0.15) is 12.4 Å². The maximum atomic E-state index is 6.54. The third kappa shape index (κ3) is 7.09. The summed E-state index contributed by atoms with van der Waals surface area (Å²) >= 11 is 18.7. The number of ether oxygens (including phenoxy) is 3. The van der Waals surface area contributed by atoms with Crippen molar-refractivity contribution >= 4 is 47.2 Å². The van der Waals surface area contributed by atoms with Gasteiger partial charge in [-0.2, -0.15) is 0 Å². The van der Waals surface area contributed by atoms with Crippen LogP contribution >= 0.6 is 47.2 Å². The Labute approximate surface area is 210 Å². The molecule has 3 aromatic rings. The molecule has 0 fully saturated rings. The van der Waals surface area contributed by atoms with Crippen LogP contribution in [0.25, 0.3) is 0 Å². The first-order valence-corrected chi connectivity index (χ1v) is 11.0. The molecule has 8 heteroatoms. The molecule has 0 saturated heterocycles. The van der Waals surface area contributed by atoms with Gasteiger partial charge in [0.05, 0.1) is 18.7 Å². The van der Waals surface area contributed by atoms with Gasteiger partial charge in [-0.3, -0.25) is 0 Å². The molecule has 0 aromatic heterocycles. The lowest BCUT2D eigenvalue weighted by Gasteiger charge is -2.16. The first-order valence-electron chi connectivity index (χ1n) is 9.86. The highest BCUT2D eigenvalue weighted by Crippen LogP contribution is 2.38. The van der Waals surface area contributed by atoms with E-state index in [1.54, 1.807) is 19.2 Å². The highest BCUT2D eigenvalue weighted by Gasteiger charge is 2.14. The van der Waals surface area contributed by atoms with Gasteiger partial charge in [-0.1, -0.05) is 59.1 Å². The number of methoxy groups -OCH3 is 1. The van der Waals surface area contributed by atoms with Crippen LogP contribution in [0, 0.1) is 0 Å². The molecule has 0 unspecified atom stereocenters. The molecule has 4 nitrogen and oxygen atoms in total. The van der Waals surface area contributed by atoms with Crippen molar-refractivity contribution in [1.29, 1.82) is 0 Å². The second kappa shape index (κ2) is 13.0. The van der Waals surface area contributed by atoms with Crippen molar-refractivity contribution in [3.05, 3.63) is 86.4 Å². The molecular formula is C24H25Cl4NO3. The van der Waals surface area contributed by atoms with E-state index in [4.69, 9.17) is 49.0 Å². The third-order valence-corrected chi connectivity index (χ3v) is 5.46. The van der Waals surface area contributed by atoms with Gasteiger partial charge < -0.3 is 19.5 Å². The molecule has 0 aliphatic carbocycles. The Hall–Kier alpha value is -1.82. The van der Waals surface area contributed by atoms with E-state index in [0.29, 0.717) is 46.3 Å². The topological polar surface area (TPSA) is 39.7 Å². The fourth-order valence-corrected chi connectivity index (χ4v) is 3.86. The Morgan fingerprint density at radius 2 is 1.59 bits per heavy atom. The Morgan fingerprint density at radius 3 is 2.31 bits per heavy atom. The molecule has 3 rings (SSSR count). The van der Waals surface area contributed by atoms with Crippen LogP contribution in [0.5, 0.6) is 17.2 Å². The highest BCUT2D eigenvalue weighted by molar-refractivity contribution is 6.35. The highest BCUT2D eigenvalue weighted by atomic mass is 35.5. The van der Waals surface area contributed by atoms with Gasteiger partial charge in [0.25, 0.3) is 0 Å². The number of rotatable bonds is 10. The summed E-state index contributed by atoms with van der Waals surface area (Å²) in [6.07, 6.45) is 0. The number of halogens is 4. The van der Waals surface area contributed by atoms with Gasteiger partial charge in [0.2, 0.25) is 0 Å². The minimum Gasteiger partial charge on any atom is -0.496 e. The number of hydrogen-bond donors (Lipinski definition) is 1. The minimum atomic E-state index is 0. The molecule has 3 aromatic carbocycles. The zero-order valence-corrected chi connectivity index (χ0v) is 20.9. The molecular weight excluding hydrogens is 492 g/mol. The maximum absolute atomic E-state index is 6.54. The van der Waals surface area contributed by atoms with Crippen molar-refractivity contribution in [3.8, 4) is 17.2 Å². The second-order valence-electron chi connectivity index (χ2n) is 6.78. The summed E-state index contributed by atoms with van der Waals surface area (Å²) in [5.41, 5.74) is 2.88. The van der Waals surface area contributed by atoms with Crippen LogP contribution < -0.4 is 19.5 Å². The molecule has 172 valence electrons. The van der Waals surface area contributed by atoms with E-state index in [-0.39, 0.29) is 19.0 Å². The smallest absolute Gasteiger partial charge is 0.180 e. The summed E-state index contributed by atoms with van der Waals surface area (Å²) in [4.78, 5) is 0. The van der Waals surface area contributed by atoms with Crippen molar-refractivity contribution in [3.63, 3.8) is 0 Å². The maximum Gasteiger partial charge on any atom is 0.180 e. The van der Waals surface area contributed by atoms with Crippen LogP contribution in [-0.4, -0.2) is 13.7 Å². The first kappa shape index (κ1) is 26.4. The van der Waals surface area contributed by atoms with Crippen LogP contribution in [0.3, 0.4) is 0 Å². The second-order valence-corrected chi connectivity index (χ2v) is 8.03. The molecule has 0 amide bonds. The Bertz CT molecular complexity index is 1030. The lowest BCUT2D eigenvalue weighted by Crippen LogP contribution is -2.13. The standard InChI is InChI=1S/C24H24Cl3NO3.ClH/c1-3-30-23-11-16(13-28-14-17-6-4-5-7-22(17)29-2)10-21(27)24(23)31-15-18-8-9-19(25)12-20(18)26;/h4-12,28H,3,13-15H2,1-2H3;1H. The number of hydrogen-bond acceptors (Lipinski definition) is 4. The summed E-state index contributed by atoms with van der Waals surface area (Å²) in [6, 6.07) is 17.0. The van der Waals surface area contributed by atoms with Crippen molar-refractivity contribution in [2.24, 2.45) is 0 Å². The zero-order chi connectivity index (χ0) is 22.2. The molecule has 0 radical (unpaired) electrons. The van der Waals surface area contributed by atoms with Crippen molar-refractivity contribution < 1.29 is 14.2 Å². The van der Waals surface area contributed by atoms with E-state index < -0.39 is 0 Å². The molecule has 0 heterocycles. The summed E-state index contributed by atoms with van der Waals surface area (Å²) in [5.74, 6) is 1.94. The molecule has 0 atom stereocenters. The molecule has 0 saturated carbocycles. The van der Waals surface area contributed by atoms with E-state index in [2.05, 4.69) is 5.32 Å². The van der Waals surface area contributed by atoms with Crippen molar-refractivity contribution in [1.82, 2.24) is 5.32 Å². The number of nitrogens with one attached hydrogen (secondary N) is 1.